The molecule has 25 heavy (non-hydrogen) atoms. The number of thiophene rings is 1. The molecule has 2 aromatic rings. The molecule has 1 amide bonds. The minimum Gasteiger partial charge on any atom is -0.350 e. The molecule has 0 saturated carbocycles. The zero-order valence-electron chi connectivity index (χ0n) is 14.5. The second-order valence-electron chi connectivity index (χ2n) is 5.74. The molecule has 0 aliphatic rings. The van der Waals surface area contributed by atoms with Gasteiger partial charge in [-0.05, 0) is 25.5 Å². The van der Waals surface area contributed by atoms with Crippen molar-refractivity contribution in [3.8, 4) is 0 Å². The molecule has 0 spiro atoms. The van der Waals surface area contributed by atoms with E-state index >= 15 is 0 Å². The van der Waals surface area contributed by atoms with Crippen LogP contribution in [0.2, 0.25) is 0 Å². The van der Waals surface area contributed by atoms with E-state index in [1.165, 1.54) is 11.3 Å². The highest BCUT2D eigenvalue weighted by molar-refractivity contribution is 7.14. The van der Waals surface area contributed by atoms with Crippen LogP contribution in [0.3, 0.4) is 0 Å². The van der Waals surface area contributed by atoms with Crippen LogP contribution in [0.4, 0.5) is 0 Å². The van der Waals surface area contributed by atoms with E-state index in [1.807, 2.05) is 25.3 Å². The summed E-state index contributed by atoms with van der Waals surface area (Å²) >= 11 is 3.02. The first-order valence-corrected chi connectivity index (χ1v) is 9.99. The third-order valence-electron chi connectivity index (χ3n) is 3.65. The lowest BCUT2D eigenvalue weighted by Gasteiger charge is -2.03. The number of nitrogens with one attached hydrogen (secondary N) is 1. The van der Waals surface area contributed by atoms with Gasteiger partial charge >= 0.3 is 0 Å². The Kier molecular flexibility index (Phi) is 7.46. The third-order valence-corrected chi connectivity index (χ3v) is 5.73. The van der Waals surface area contributed by atoms with Crippen LogP contribution in [-0.4, -0.2) is 22.5 Å². The van der Waals surface area contributed by atoms with Crippen molar-refractivity contribution in [2.24, 2.45) is 0 Å². The number of aryl methyl sites for hydroxylation is 2. The van der Waals surface area contributed by atoms with Gasteiger partial charge in [-0.15, -0.1) is 22.7 Å². The van der Waals surface area contributed by atoms with Gasteiger partial charge < -0.3 is 5.32 Å². The predicted octanol–water partition coefficient (Wildman–Crippen LogP) is 3.70. The van der Waals surface area contributed by atoms with Crippen molar-refractivity contribution in [1.29, 1.82) is 0 Å². The normalized spacial score (nSPS) is 10.6. The molecule has 0 fully saturated rings. The molecule has 0 unspecified atom stereocenters. The van der Waals surface area contributed by atoms with E-state index in [-0.39, 0.29) is 43.2 Å². The third kappa shape index (κ3) is 6.51. The maximum absolute atomic E-state index is 12.0. The average molecular weight is 379 g/mol. The highest BCUT2D eigenvalue weighted by Crippen LogP contribution is 2.17. The van der Waals surface area contributed by atoms with E-state index in [4.69, 9.17) is 0 Å². The Morgan fingerprint density at radius 3 is 2.52 bits per heavy atom. The van der Waals surface area contributed by atoms with Crippen molar-refractivity contribution in [2.75, 3.05) is 0 Å². The summed E-state index contributed by atoms with van der Waals surface area (Å²) in [5, 5.41) is 5.75. The molecule has 1 N–H and O–H groups in total. The minimum atomic E-state index is -0.167. The molecule has 0 bridgehead atoms. The van der Waals surface area contributed by atoms with Gasteiger partial charge in [0.05, 0.1) is 22.1 Å². The van der Waals surface area contributed by atoms with Crippen molar-refractivity contribution in [3.05, 3.63) is 38.0 Å². The van der Waals surface area contributed by atoms with Gasteiger partial charge in [0.2, 0.25) is 5.91 Å². The number of aromatic nitrogens is 1. The fraction of sp³-hybridized carbons (Fsp3) is 0.444. The predicted molar refractivity (Wildman–Crippen MR) is 100 cm³/mol. The summed E-state index contributed by atoms with van der Waals surface area (Å²) in [7, 11) is 0. The van der Waals surface area contributed by atoms with Crippen LogP contribution >= 0.6 is 22.7 Å². The Morgan fingerprint density at radius 2 is 1.88 bits per heavy atom. The maximum atomic E-state index is 12.0. The number of nitrogens with zero attached hydrogens (tertiary/aromatic N) is 1. The van der Waals surface area contributed by atoms with E-state index in [0.29, 0.717) is 11.4 Å². The van der Waals surface area contributed by atoms with Crippen LogP contribution in [0.1, 0.15) is 57.9 Å². The summed E-state index contributed by atoms with van der Waals surface area (Å²) < 4.78 is 0. The van der Waals surface area contributed by atoms with Crippen LogP contribution in [0.25, 0.3) is 0 Å². The summed E-state index contributed by atoms with van der Waals surface area (Å²) in [5.74, 6) is -0.232. The maximum Gasteiger partial charge on any atom is 0.220 e. The van der Waals surface area contributed by atoms with Crippen molar-refractivity contribution in [1.82, 2.24) is 10.3 Å². The van der Waals surface area contributed by atoms with Gasteiger partial charge in [-0.1, -0.05) is 6.92 Å². The first kappa shape index (κ1) is 19.5. The van der Waals surface area contributed by atoms with Gasteiger partial charge in [-0.25, -0.2) is 4.98 Å². The van der Waals surface area contributed by atoms with Crippen LogP contribution in [0, 0.1) is 6.92 Å². The number of Topliss-reactive ketones (excluding diaryl/α,β-unsaturated/α-hetero) is 2. The first-order chi connectivity index (χ1) is 12.0. The first-order valence-electron chi connectivity index (χ1n) is 8.29. The Labute approximate surface area is 155 Å². The number of hydrogen-bond donors (Lipinski definition) is 1. The zero-order valence-corrected chi connectivity index (χ0v) is 16.1. The van der Waals surface area contributed by atoms with Crippen molar-refractivity contribution in [3.63, 3.8) is 0 Å². The molecule has 0 aromatic carbocycles. The molecule has 2 rings (SSSR count). The fourth-order valence-electron chi connectivity index (χ4n) is 2.21. The lowest BCUT2D eigenvalue weighted by molar-refractivity contribution is -0.125. The second-order valence-corrected chi connectivity index (χ2v) is 7.97. The highest BCUT2D eigenvalue weighted by Gasteiger charge is 2.12. The zero-order chi connectivity index (χ0) is 18.2. The second kappa shape index (κ2) is 9.58. The van der Waals surface area contributed by atoms with Gasteiger partial charge in [0, 0.05) is 35.9 Å². The molecule has 134 valence electrons. The standard InChI is InChI=1S/C18H22N2O3S2/c1-3-18-20-13(11-24-18)10-19-17(23)9-6-14(21)5-7-15(22)16-8-4-12(2)25-16/h4,8,11H,3,5-7,9-10H2,1-2H3,(H,19,23). The summed E-state index contributed by atoms with van der Waals surface area (Å²) in [6.07, 6.45) is 1.60. The van der Waals surface area contributed by atoms with E-state index in [1.54, 1.807) is 17.4 Å². The Morgan fingerprint density at radius 1 is 1.12 bits per heavy atom. The number of thiazole rings is 1. The lowest BCUT2D eigenvalue weighted by atomic mass is 10.1. The average Bonchev–Trinajstić information content (AvgIpc) is 3.24. The Balaban J connectivity index is 1.63. The van der Waals surface area contributed by atoms with Crippen molar-refractivity contribution in [2.45, 2.75) is 52.5 Å². The van der Waals surface area contributed by atoms with Gasteiger partial charge in [-0.2, -0.15) is 0 Å². The number of carbonyl (C=O) groups is 3. The molecule has 0 aliphatic carbocycles. The largest absolute Gasteiger partial charge is 0.350 e. The van der Waals surface area contributed by atoms with Crippen LogP contribution in [0.5, 0.6) is 0 Å². The molecule has 7 heteroatoms. The molecule has 0 radical (unpaired) electrons. The monoisotopic (exact) mass is 378 g/mol. The van der Waals surface area contributed by atoms with Crippen LogP contribution < -0.4 is 5.32 Å². The molecule has 0 atom stereocenters. The summed E-state index contributed by atoms with van der Waals surface area (Å²) in [4.78, 5) is 41.8. The topological polar surface area (TPSA) is 76.1 Å². The molecule has 0 aliphatic heterocycles. The Hall–Kier alpha value is -1.86. The highest BCUT2D eigenvalue weighted by atomic mass is 32.1. The van der Waals surface area contributed by atoms with Gasteiger partial charge in [0.1, 0.15) is 5.78 Å². The van der Waals surface area contributed by atoms with E-state index in [0.717, 1.165) is 22.0 Å². The minimum absolute atomic E-state index is 0.00818. The summed E-state index contributed by atoms with van der Waals surface area (Å²) in [6.45, 7) is 4.37. The fourth-order valence-corrected chi connectivity index (χ4v) is 3.79. The van der Waals surface area contributed by atoms with Crippen molar-refractivity contribution >= 4 is 40.1 Å². The quantitative estimate of drug-likeness (QED) is 0.640. The van der Waals surface area contributed by atoms with E-state index in [9.17, 15) is 14.4 Å². The molecule has 2 aromatic heterocycles. The molecular formula is C18H22N2O3S2. The molecule has 0 saturated heterocycles. The van der Waals surface area contributed by atoms with Gasteiger partial charge in [-0.3, -0.25) is 14.4 Å². The number of rotatable bonds is 10. The number of amides is 1. The van der Waals surface area contributed by atoms with Crippen molar-refractivity contribution < 1.29 is 14.4 Å². The number of hydrogen-bond acceptors (Lipinski definition) is 6. The van der Waals surface area contributed by atoms with E-state index in [2.05, 4.69) is 10.3 Å². The summed E-state index contributed by atoms with van der Waals surface area (Å²) in [6, 6.07) is 3.69. The SMILES string of the molecule is CCc1nc(CNC(=O)CCC(=O)CCC(=O)c2ccc(C)s2)cs1. The van der Waals surface area contributed by atoms with E-state index < -0.39 is 0 Å². The number of ketones is 2. The molecule has 5 nitrogen and oxygen atoms in total. The van der Waals surface area contributed by atoms with Gasteiger partial charge in [0.15, 0.2) is 5.78 Å². The lowest BCUT2D eigenvalue weighted by Crippen LogP contribution is -2.23. The number of carbonyl (C=O) groups excluding carboxylic acids is 3. The summed E-state index contributed by atoms with van der Waals surface area (Å²) in [5.41, 5.74) is 0.846. The van der Waals surface area contributed by atoms with Gasteiger partial charge in [0.25, 0.3) is 0 Å². The smallest absolute Gasteiger partial charge is 0.220 e. The van der Waals surface area contributed by atoms with Crippen LogP contribution in [-0.2, 0) is 22.6 Å². The Bertz CT molecular complexity index is 749. The molecule has 2 heterocycles. The molecular weight excluding hydrogens is 356 g/mol. The van der Waals surface area contributed by atoms with Crippen LogP contribution in [0.15, 0.2) is 17.5 Å².